The highest BCUT2D eigenvalue weighted by atomic mass is 16.1. The monoisotopic (exact) mass is 166 g/mol. The van der Waals surface area contributed by atoms with Crippen LogP contribution in [0.3, 0.4) is 0 Å². The van der Waals surface area contributed by atoms with Crippen molar-refractivity contribution >= 4 is 12.1 Å². The Morgan fingerprint density at radius 3 is 2.67 bits per heavy atom. The van der Waals surface area contributed by atoms with E-state index in [9.17, 15) is 4.79 Å². The summed E-state index contributed by atoms with van der Waals surface area (Å²) in [7, 11) is 0. The first-order chi connectivity index (χ1) is 5.70. The number of allylic oxidation sites excluding steroid dienone is 3. The normalized spacial score (nSPS) is 13.8. The molecule has 0 rings (SSSR count). The standard InChI is InChI=1S/C9H14N2O/c1-3-4-5-9(7-12)6-11-8(2)10/h4-7H,3H2,1-2H3,(H2,10,11)/b5-4+,9-6+. The zero-order valence-corrected chi connectivity index (χ0v) is 7.45. The molecule has 0 aromatic carbocycles. The molecule has 0 unspecified atom stereocenters. The summed E-state index contributed by atoms with van der Waals surface area (Å²) in [5, 5.41) is 0. The van der Waals surface area contributed by atoms with E-state index in [1.807, 2.05) is 13.0 Å². The van der Waals surface area contributed by atoms with Crippen molar-refractivity contribution in [3.8, 4) is 0 Å². The molecule has 0 aliphatic heterocycles. The smallest absolute Gasteiger partial charge is 0.151 e. The van der Waals surface area contributed by atoms with Crippen LogP contribution in [0.25, 0.3) is 0 Å². The predicted octanol–water partition coefficient (Wildman–Crippen LogP) is 1.41. The lowest BCUT2D eigenvalue weighted by Gasteiger charge is -1.87. The Balaban J connectivity index is 4.34. The van der Waals surface area contributed by atoms with Crippen LogP contribution in [0.5, 0.6) is 0 Å². The summed E-state index contributed by atoms with van der Waals surface area (Å²) in [5.41, 5.74) is 5.82. The maximum Gasteiger partial charge on any atom is 0.151 e. The molecule has 0 aromatic heterocycles. The van der Waals surface area contributed by atoms with Crippen molar-refractivity contribution in [3.05, 3.63) is 23.9 Å². The molecule has 0 radical (unpaired) electrons. The van der Waals surface area contributed by atoms with Crippen LogP contribution >= 0.6 is 0 Å². The van der Waals surface area contributed by atoms with Crippen LogP contribution in [-0.4, -0.2) is 12.1 Å². The fraction of sp³-hybridized carbons (Fsp3) is 0.333. The van der Waals surface area contributed by atoms with Gasteiger partial charge in [-0.3, -0.25) is 4.79 Å². The average Bonchev–Trinajstić information content (AvgIpc) is 2.05. The van der Waals surface area contributed by atoms with E-state index in [0.717, 1.165) is 12.7 Å². The van der Waals surface area contributed by atoms with Crippen molar-refractivity contribution in [2.45, 2.75) is 20.3 Å². The molecule has 0 saturated carbocycles. The van der Waals surface area contributed by atoms with Gasteiger partial charge in [0.05, 0.1) is 5.84 Å². The Hall–Kier alpha value is -1.38. The number of aldehydes is 1. The molecule has 0 saturated heterocycles. The molecule has 3 heteroatoms. The number of aliphatic imine (C=N–C) groups is 1. The van der Waals surface area contributed by atoms with Gasteiger partial charge < -0.3 is 5.73 Å². The van der Waals surface area contributed by atoms with Gasteiger partial charge in [-0.25, -0.2) is 4.99 Å². The number of nitrogens with two attached hydrogens (primary N) is 1. The lowest BCUT2D eigenvalue weighted by Crippen LogP contribution is -2.03. The lowest BCUT2D eigenvalue weighted by molar-refractivity contribution is -0.104. The highest BCUT2D eigenvalue weighted by Crippen LogP contribution is 1.94. The molecule has 0 heterocycles. The third kappa shape index (κ3) is 5.41. The third-order valence-corrected chi connectivity index (χ3v) is 1.10. The van der Waals surface area contributed by atoms with Gasteiger partial charge in [0.1, 0.15) is 0 Å². The summed E-state index contributed by atoms with van der Waals surface area (Å²) in [6.07, 6.45) is 6.71. The van der Waals surface area contributed by atoms with E-state index >= 15 is 0 Å². The van der Waals surface area contributed by atoms with Gasteiger partial charge >= 0.3 is 0 Å². The molecule has 0 spiro atoms. The van der Waals surface area contributed by atoms with Crippen LogP contribution in [0.4, 0.5) is 0 Å². The van der Waals surface area contributed by atoms with Crippen molar-refractivity contribution in [1.82, 2.24) is 0 Å². The molecule has 0 atom stereocenters. The minimum atomic E-state index is 0.444. The maximum atomic E-state index is 10.4. The maximum absolute atomic E-state index is 10.4. The summed E-state index contributed by atoms with van der Waals surface area (Å²) in [6, 6.07) is 0. The highest BCUT2D eigenvalue weighted by Gasteiger charge is 1.85. The zero-order valence-electron chi connectivity index (χ0n) is 7.45. The van der Waals surface area contributed by atoms with E-state index in [2.05, 4.69) is 4.99 Å². The van der Waals surface area contributed by atoms with Gasteiger partial charge in [-0.05, 0) is 13.3 Å². The van der Waals surface area contributed by atoms with E-state index in [4.69, 9.17) is 5.73 Å². The van der Waals surface area contributed by atoms with Gasteiger partial charge in [0, 0.05) is 11.8 Å². The first-order valence-electron chi connectivity index (χ1n) is 3.82. The molecule has 0 amide bonds. The summed E-state index contributed by atoms with van der Waals surface area (Å²) >= 11 is 0. The van der Waals surface area contributed by atoms with Gasteiger partial charge in [0.15, 0.2) is 6.29 Å². The number of nitrogens with zero attached hydrogens (tertiary/aromatic N) is 1. The van der Waals surface area contributed by atoms with Crippen molar-refractivity contribution in [2.75, 3.05) is 0 Å². The summed E-state index contributed by atoms with van der Waals surface area (Å²) in [4.78, 5) is 14.2. The fourth-order valence-corrected chi connectivity index (χ4v) is 0.543. The number of carbonyl (C=O) groups excluding carboxylic acids is 1. The Labute approximate surface area is 72.7 Å². The summed E-state index contributed by atoms with van der Waals surface area (Å²) < 4.78 is 0. The molecule has 0 bridgehead atoms. The first kappa shape index (κ1) is 10.6. The van der Waals surface area contributed by atoms with E-state index in [-0.39, 0.29) is 0 Å². The van der Waals surface area contributed by atoms with E-state index in [1.54, 1.807) is 13.0 Å². The fourth-order valence-electron chi connectivity index (χ4n) is 0.543. The van der Waals surface area contributed by atoms with Crippen LogP contribution in [0.1, 0.15) is 20.3 Å². The highest BCUT2D eigenvalue weighted by molar-refractivity contribution is 5.81. The molecule has 2 N–H and O–H groups in total. The Kier molecular flexibility index (Phi) is 5.61. The van der Waals surface area contributed by atoms with E-state index in [1.165, 1.54) is 6.20 Å². The molecule has 0 fully saturated rings. The van der Waals surface area contributed by atoms with Crippen LogP contribution in [0.15, 0.2) is 28.9 Å². The molecule has 0 aliphatic rings. The first-order valence-corrected chi connectivity index (χ1v) is 3.82. The van der Waals surface area contributed by atoms with Gasteiger partial charge in [0.2, 0.25) is 0 Å². The van der Waals surface area contributed by atoms with E-state index < -0.39 is 0 Å². The molecule has 0 aliphatic carbocycles. The number of hydrogen-bond donors (Lipinski definition) is 1. The second-order valence-corrected chi connectivity index (χ2v) is 2.33. The number of hydrogen-bond acceptors (Lipinski definition) is 2. The molecule has 12 heavy (non-hydrogen) atoms. The van der Waals surface area contributed by atoms with Crippen molar-refractivity contribution in [1.29, 1.82) is 0 Å². The molecule has 66 valence electrons. The number of amidine groups is 1. The minimum Gasteiger partial charge on any atom is -0.387 e. The quantitative estimate of drug-likeness (QED) is 0.226. The molecule has 0 aromatic rings. The van der Waals surface area contributed by atoms with E-state index in [0.29, 0.717) is 11.4 Å². The minimum absolute atomic E-state index is 0.444. The molecular weight excluding hydrogens is 152 g/mol. The van der Waals surface area contributed by atoms with Gasteiger partial charge in [-0.2, -0.15) is 0 Å². The van der Waals surface area contributed by atoms with Crippen LogP contribution in [0.2, 0.25) is 0 Å². The summed E-state index contributed by atoms with van der Waals surface area (Å²) in [5.74, 6) is 0.444. The number of rotatable bonds is 4. The Morgan fingerprint density at radius 1 is 1.58 bits per heavy atom. The average molecular weight is 166 g/mol. The predicted molar refractivity (Wildman–Crippen MR) is 50.9 cm³/mol. The summed E-state index contributed by atoms with van der Waals surface area (Å²) in [6.45, 7) is 3.67. The van der Waals surface area contributed by atoms with Crippen molar-refractivity contribution in [2.24, 2.45) is 10.7 Å². The molecular formula is C9H14N2O. The second-order valence-electron chi connectivity index (χ2n) is 2.33. The zero-order chi connectivity index (χ0) is 9.40. The van der Waals surface area contributed by atoms with Crippen LogP contribution in [-0.2, 0) is 4.79 Å². The largest absolute Gasteiger partial charge is 0.387 e. The van der Waals surface area contributed by atoms with Crippen LogP contribution in [0, 0.1) is 0 Å². The van der Waals surface area contributed by atoms with Gasteiger partial charge in [-0.1, -0.05) is 19.1 Å². The lowest BCUT2D eigenvalue weighted by atomic mass is 10.3. The van der Waals surface area contributed by atoms with Gasteiger partial charge in [0.25, 0.3) is 0 Å². The topological polar surface area (TPSA) is 55.5 Å². The SMILES string of the molecule is CC/C=C/C(C=O)=C\N=C(/C)N. The number of carbonyl (C=O) groups is 1. The second kappa shape index (κ2) is 6.34. The molecule has 3 nitrogen and oxygen atoms in total. The van der Waals surface area contributed by atoms with Crippen molar-refractivity contribution in [3.63, 3.8) is 0 Å². The van der Waals surface area contributed by atoms with Crippen molar-refractivity contribution < 1.29 is 4.79 Å². The van der Waals surface area contributed by atoms with Crippen LogP contribution < -0.4 is 5.73 Å². The third-order valence-electron chi connectivity index (χ3n) is 1.10. The Bertz CT molecular complexity index is 223. The Morgan fingerprint density at radius 2 is 2.25 bits per heavy atom. The van der Waals surface area contributed by atoms with Gasteiger partial charge in [-0.15, -0.1) is 0 Å².